The van der Waals surface area contributed by atoms with Crippen molar-refractivity contribution in [3.8, 4) is 0 Å². The fourth-order valence-electron chi connectivity index (χ4n) is 2.13. The van der Waals surface area contributed by atoms with Crippen molar-refractivity contribution in [2.45, 2.75) is 0 Å². The minimum atomic E-state index is -0.425. The van der Waals surface area contributed by atoms with Gasteiger partial charge in [0.05, 0.1) is 0 Å². The summed E-state index contributed by atoms with van der Waals surface area (Å²) in [5.74, 6) is -0.753. The van der Waals surface area contributed by atoms with Crippen LogP contribution in [0.5, 0.6) is 0 Å². The molecule has 0 aromatic heterocycles. The Kier molecular flexibility index (Phi) is 3.71. The minimum Gasteiger partial charge on any atom is -0.322 e. The fraction of sp³-hybridized carbons (Fsp3) is 0. The molecule has 1 N–H and O–H groups in total. The lowest BCUT2D eigenvalue weighted by Gasteiger charge is -2.07. The average Bonchev–Trinajstić information content (AvgIpc) is 2.47. The zero-order chi connectivity index (χ0) is 14.8. The van der Waals surface area contributed by atoms with Crippen LogP contribution in [0, 0.1) is 5.82 Å². The van der Waals surface area contributed by atoms with Crippen molar-refractivity contribution < 1.29 is 9.18 Å². The summed E-state index contributed by atoms with van der Waals surface area (Å²) in [6.45, 7) is 0. The van der Waals surface area contributed by atoms with E-state index < -0.39 is 5.82 Å². The van der Waals surface area contributed by atoms with Crippen LogP contribution < -0.4 is 5.32 Å². The van der Waals surface area contributed by atoms with Gasteiger partial charge < -0.3 is 5.32 Å². The van der Waals surface area contributed by atoms with Crippen molar-refractivity contribution in [1.82, 2.24) is 0 Å². The summed E-state index contributed by atoms with van der Waals surface area (Å²) < 4.78 is 14.1. The molecule has 3 aromatic rings. The molecular formula is C17H11BrFNO. The normalized spacial score (nSPS) is 10.6. The van der Waals surface area contributed by atoms with E-state index in [2.05, 4.69) is 21.2 Å². The summed E-state index contributed by atoms with van der Waals surface area (Å²) in [5, 5.41) is 4.88. The van der Waals surface area contributed by atoms with Gasteiger partial charge in [0, 0.05) is 15.7 Å². The first-order valence-corrected chi connectivity index (χ1v) is 7.17. The second kappa shape index (κ2) is 5.66. The second-order valence-corrected chi connectivity index (χ2v) is 5.59. The number of carbonyl (C=O) groups excluding carboxylic acids is 1. The molecule has 2 nitrogen and oxygen atoms in total. The van der Waals surface area contributed by atoms with Gasteiger partial charge in [-0.05, 0) is 53.2 Å². The highest BCUT2D eigenvalue weighted by molar-refractivity contribution is 9.10. The number of carbonyl (C=O) groups is 1. The molecule has 3 rings (SSSR count). The van der Waals surface area contributed by atoms with Gasteiger partial charge in [-0.25, -0.2) is 4.39 Å². The quantitative estimate of drug-likeness (QED) is 0.697. The molecule has 21 heavy (non-hydrogen) atoms. The van der Waals surface area contributed by atoms with E-state index in [0.717, 1.165) is 15.2 Å². The van der Waals surface area contributed by atoms with Crippen LogP contribution in [0.25, 0.3) is 10.8 Å². The minimum absolute atomic E-state index is 0.297. The molecule has 0 saturated carbocycles. The molecule has 4 heteroatoms. The molecule has 0 bridgehead atoms. The van der Waals surface area contributed by atoms with Gasteiger partial charge in [-0.15, -0.1) is 0 Å². The lowest BCUT2D eigenvalue weighted by Crippen LogP contribution is -2.11. The molecule has 0 saturated heterocycles. The SMILES string of the molecule is O=C(Nc1ccc2cc(Br)ccc2c1)c1cccc(F)c1. The highest BCUT2D eigenvalue weighted by atomic mass is 79.9. The molecule has 0 aliphatic rings. The van der Waals surface area contributed by atoms with Crippen LogP contribution in [0.3, 0.4) is 0 Å². The van der Waals surface area contributed by atoms with Gasteiger partial charge in [0.25, 0.3) is 5.91 Å². The molecule has 0 radical (unpaired) electrons. The molecule has 0 unspecified atom stereocenters. The van der Waals surface area contributed by atoms with Crippen molar-refractivity contribution in [3.05, 3.63) is 76.5 Å². The third kappa shape index (κ3) is 3.11. The number of nitrogens with one attached hydrogen (secondary N) is 1. The first-order valence-electron chi connectivity index (χ1n) is 6.38. The van der Waals surface area contributed by atoms with Gasteiger partial charge in [-0.1, -0.05) is 34.1 Å². The zero-order valence-electron chi connectivity index (χ0n) is 10.9. The van der Waals surface area contributed by atoms with Gasteiger partial charge in [-0.3, -0.25) is 4.79 Å². The number of anilines is 1. The number of hydrogen-bond donors (Lipinski definition) is 1. The fourth-order valence-corrected chi connectivity index (χ4v) is 2.51. The first kappa shape index (κ1) is 13.8. The van der Waals surface area contributed by atoms with Gasteiger partial charge >= 0.3 is 0 Å². The van der Waals surface area contributed by atoms with Crippen LogP contribution >= 0.6 is 15.9 Å². The monoisotopic (exact) mass is 343 g/mol. The maximum Gasteiger partial charge on any atom is 0.255 e. The van der Waals surface area contributed by atoms with Crippen molar-refractivity contribution in [3.63, 3.8) is 0 Å². The van der Waals surface area contributed by atoms with E-state index in [1.165, 1.54) is 18.2 Å². The third-order valence-electron chi connectivity index (χ3n) is 3.15. The Hall–Kier alpha value is -2.20. The summed E-state index contributed by atoms with van der Waals surface area (Å²) in [7, 11) is 0. The number of halogens is 2. The van der Waals surface area contributed by atoms with E-state index in [1.807, 2.05) is 36.4 Å². The topological polar surface area (TPSA) is 29.1 Å². The summed E-state index contributed by atoms with van der Waals surface area (Å²) >= 11 is 3.42. The van der Waals surface area contributed by atoms with Crippen LogP contribution in [-0.4, -0.2) is 5.91 Å². The Bertz CT molecular complexity index is 832. The predicted octanol–water partition coefficient (Wildman–Crippen LogP) is 4.99. The number of fused-ring (bicyclic) bond motifs is 1. The lowest BCUT2D eigenvalue weighted by atomic mass is 10.1. The molecule has 0 fully saturated rings. The van der Waals surface area contributed by atoms with Crippen LogP contribution in [0.15, 0.2) is 65.1 Å². The number of rotatable bonds is 2. The Morgan fingerprint density at radius 1 is 0.952 bits per heavy atom. The largest absolute Gasteiger partial charge is 0.322 e. The molecule has 0 heterocycles. The molecule has 0 aliphatic carbocycles. The molecule has 0 atom stereocenters. The average molecular weight is 344 g/mol. The van der Waals surface area contributed by atoms with Crippen LogP contribution in [0.2, 0.25) is 0 Å². The Labute approximate surface area is 129 Å². The number of hydrogen-bond acceptors (Lipinski definition) is 1. The highest BCUT2D eigenvalue weighted by Gasteiger charge is 2.07. The van der Waals surface area contributed by atoms with Crippen LogP contribution in [0.4, 0.5) is 10.1 Å². The van der Waals surface area contributed by atoms with Gasteiger partial charge in [0.1, 0.15) is 5.82 Å². The van der Waals surface area contributed by atoms with Gasteiger partial charge in [0.15, 0.2) is 0 Å². The van der Waals surface area contributed by atoms with E-state index in [0.29, 0.717) is 11.3 Å². The van der Waals surface area contributed by atoms with E-state index >= 15 is 0 Å². The Balaban J connectivity index is 1.87. The van der Waals surface area contributed by atoms with Gasteiger partial charge in [0.2, 0.25) is 0 Å². The first-order chi connectivity index (χ1) is 10.1. The van der Waals surface area contributed by atoms with Crippen LogP contribution in [0.1, 0.15) is 10.4 Å². The van der Waals surface area contributed by atoms with Crippen LogP contribution in [-0.2, 0) is 0 Å². The van der Waals surface area contributed by atoms with E-state index in [9.17, 15) is 9.18 Å². The second-order valence-electron chi connectivity index (χ2n) is 4.67. The zero-order valence-corrected chi connectivity index (χ0v) is 12.5. The summed E-state index contributed by atoms with van der Waals surface area (Å²) in [4.78, 5) is 12.1. The smallest absolute Gasteiger partial charge is 0.255 e. The highest BCUT2D eigenvalue weighted by Crippen LogP contribution is 2.23. The maximum atomic E-state index is 13.1. The van der Waals surface area contributed by atoms with Crippen molar-refractivity contribution in [2.24, 2.45) is 0 Å². The van der Waals surface area contributed by atoms with E-state index in [4.69, 9.17) is 0 Å². The van der Waals surface area contributed by atoms with E-state index in [-0.39, 0.29) is 5.91 Å². The molecule has 3 aromatic carbocycles. The standard InChI is InChI=1S/C17H11BrFNO/c18-14-6-4-12-10-16(7-5-11(12)8-14)20-17(21)13-2-1-3-15(19)9-13/h1-10H,(H,20,21). The third-order valence-corrected chi connectivity index (χ3v) is 3.64. The molecule has 1 amide bonds. The summed E-state index contributed by atoms with van der Waals surface area (Å²) in [6, 6.07) is 17.2. The molecular weight excluding hydrogens is 333 g/mol. The van der Waals surface area contributed by atoms with Crippen molar-refractivity contribution in [1.29, 1.82) is 0 Å². The summed E-state index contributed by atoms with van der Waals surface area (Å²) in [6.07, 6.45) is 0. The lowest BCUT2D eigenvalue weighted by molar-refractivity contribution is 0.102. The molecule has 0 spiro atoms. The van der Waals surface area contributed by atoms with Crippen molar-refractivity contribution >= 4 is 38.3 Å². The summed E-state index contributed by atoms with van der Waals surface area (Å²) in [5.41, 5.74) is 0.977. The predicted molar refractivity (Wildman–Crippen MR) is 86.0 cm³/mol. The Morgan fingerprint density at radius 2 is 1.71 bits per heavy atom. The molecule has 0 aliphatic heterocycles. The Morgan fingerprint density at radius 3 is 2.52 bits per heavy atom. The van der Waals surface area contributed by atoms with Crippen molar-refractivity contribution in [2.75, 3.05) is 5.32 Å². The van der Waals surface area contributed by atoms with E-state index in [1.54, 1.807) is 6.07 Å². The molecule has 104 valence electrons. The number of benzene rings is 3. The number of amides is 1. The maximum absolute atomic E-state index is 13.1. The van der Waals surface area contributed by atoms with Gasteiger partial charge in [-0.2, -0.15) is 0 Å².